The van der Waals surface area contributed by atoms with Gasteiger partial charge in [-0.2, -0.15) is 0 Å². The summed E-state index contributed by atoms with van der Waals surface area (Å²) in [6.45, 7) is 2.09. The molecule has 2 heterocycles. The average molecular weight is 416 g/mol. The highest BCUT2D eigenvalue weighted by Gasteiger charge is 2.14. The summed E-state index contributed by atoms with van der Waals surface area (Å²) in [5.74, 6) is 1.86. The molecule has 5 nitrogen and oxygen atoms in total. The van der Waals surface area contributed by atoms with Gasteiger partial charge in [0, 0.05) is 6.42 Å². The molecule has 1 aromatic carbocycles. The van der Waals surface area contributed by atoms with Crippen molar-refractivity contribution in [2.24, 2.45) is 5.92 Å². The molecule has 8 heteroatoms. The Labute approximate surface area is 170 Å². The Balaban J connectivity index is 0.00000182. The van der Waals surface area contributed by atoms with Gasteiger partial charge in [0.15, 0.2) is 0 Å². The van der Waals surface area contributed by atoms with Crippen molar-refractivity contribution in [2.45, 2.75) is 25.7 Å². The van der Waals surface area contributed by atoms with Crippen LogP contribution in [0, 0.1) is 11.7 Å². The number of hydrogen-bond donors (Lipinski definition) is 2. The van der Waals surface area contributed by atoms with Crippen molar-refractivity contribution in [3.05, 3.63) is 48.4 Å². The van der Waals surface area contributed by atoms with Crippen LogP contribution in [0.4, 0.5) is 10.2 Å². The molecule has 0 unspecified atom stereocenters. The first kappa shape index (κ1) is 23.1. The van der Waals surface area contributed by atoms with E-state index in [0.717, 1.165) is 32.4 Å². The fourth-order valence-electron chi connectivity index (χ4n) is 2.86. The molecule has 0 spiro atoms. The number of halogens is 3. The monoisotopic (exact) mass is 415 g/mol. The van der Waals surface area contributed by atoms with Crippen LogP contribution in [0.2, 0.25) is 0 Å². The zero-order valence-electron chi connectivity index (χ0n) is 14.8. The van der Waals surface area contributed by atoms with Gasteiger partial charge in [0.1, 0.15) is 23.1 Å². The first-order valence-corrected chi connectivity index (χ1v) is 8.59. The van der Waals surface area contributed by atoms with Gasteiger partial charge in [-0.25, -0.2) is 9.37 Å². The normalized spacial score (nSPS) is 13.8. The Hall–Kier alpha value is -1.89. The molecule has 1 aliphatic rings. The summed E-state index contributed by atoms with van der Waals surface area (Å²) >= 11 is 0. The number of benzene rings is 1. The summed E-state index contributed by atoms with van der Waals surface area (Å²) in [6, 6.07) is 9.18. The number of nitrogens with zero attached hydrogens (tertiary/aromatic N) is 1. The third-order valence-corrected chi connectivity index (χ3v) is 4.29. The minimum Gasteiger partial charge on any atom is -0.456 e. The fraction of sp³-hybridized carbons (Fsp3) is 0.368. The van der Waals surface area contributed by atoms with Gasteiger partial charge in [-0.1, -0.05) is 0 Å². The van der Waals surface area contributed by atoms with Gasteiger partial charge < -0.3 is 15.4 Å². The molecule has 0 aliphatic carbocycles. The molecule has 1 aliphatic heterocycles. The third kappa shape index (κ3) is 7.71. The first-order valence-electron chi connectivity index (χ1n) is 8.59. The van der Waals surface area contributed by atoms with Crippen molar-refractivity contribution in [3.63, 3.8) is 0 Å². The number of piperidine rings is 1. The Bertz CT molecular complexity index is 693. The van der Waals surface area contributed by atoms with Gasteiger partial charge in [-0.05, 0) is 74.7 Å². The minimum absolute atomic E-state index is 0. The molecule has 148 valence electrons. The summed E-state index contributed by atoms with van der Waals surface area (Å²) in [6.07, 6.45) is 5.24. The van der Waals surface area contributed by atoms with E-state index in [-0.39, 0.29) is 36.5 Å². The summed E-state index contributed by atoms with van der Waals surface area (Å²) in [5.41, 5.74) is 0. The zero-order chi connectivity index (χ0) is 17.5. The highest BCUT2D eigenvalue weighted by Crippen LogP contribution is 2.22. The van der Waals surface area contributed by atoms with Crippen molar-refractivity contribution in [1.82, 2.24) is 10.3 Å². The lowest BCUT2D eigenvalue weighted by Gasteiger charge is -2.22. The summed E-state index contributed by atoms with van der Waals surface area (Å²) < 4.78 is 18.4. The predicted octanol–water partition coefficient (Wildman–Crippen LogP) is 4.57. The number of amides is 1. The molecular formula is C19H24Cl2FN3O2. The number of hydrogen-bond acceptors (Lipinski definition) is 4. The lowest BCUT2D eigenvalue weighted by molar-refractivity contribution is -0.116. The SMILES string of the molecule is Cl.Cl.O=C(CCC1CCNCC1)Nc1ccc(Oc2ccc(F)cc2)cn1. The molecule has 0 saturated carbocycles. The second-order valence-corrected chi connectivity index (χ2v) is 6.22. The van der Waals surface area contributed by atoms with Gasteiger partial charge in [-0.15, -0.1) is 24.8 Å². The largest absolute Gasteiger partial charge is 0.456 e. The van der Waals surface area contributed by atoms with Crippen LogP contribution in [0.1, 0.15) is 25.7 Å². The van der Waals surface area contributed by atoms with Crippen LogP contribution in [0.15, 0.2) is 42.6 Å². The molecule has 0 atom stereocenters. The molecule has 2 aromatic rings. The maximum absolute atomic E-state index is 12.9. The molecule has 1 amide bonds. The van der Waals surface area contributed by atoms with E-state index in [1.165, 1.54) is 18.3 Å². The number of carbonyl (C=O) groups is 1. The number of ether oxygens (including phenoxy) is 1. The smallest absolute Gasteiger partial charge is 0.225 e. The van der Waals surface area contributed by atoms with Crippen molar-refractivity contribution in [2.75, 3.05) is 18.4 Å². The van der Waals surface area contributed by atoms with E-state index in [4.69, 9.17) is 4.74 Å². The van der Waals surface area contributed by atoms with E-state index >= 15 is 0 Å². The zero-order valence-corrected chi connectivity index (χ0v) is 16.5. The molecule has 27 heavy (non-hydrogen) atoms. The molecule has 3 rings (SSSR count). The molecule has 1 fully saturated rings. The topological polar surface area (TPSA) is 63.2 Å². The first-order chi connectivity index (χ1) is 12.2. The van der Waals surface area contributed by atoms with Gasteiger partial charge in [0.05, 0.1) is 6.20 Å². The van der Waals surface area contributed by atoms with Crippen LogP contribution in [0.3, 0.4) is 0 Å². The van der Waals surface area contributed by atoms with Crippen LogP contribution in [-0.4, -0.2) is 24.0 Å². The van der Waals surface area contributed by atoms with Crippen molar-refractivity contribution < 1.29 is 13.9 Å². The quantitative estimate of drug-likeness (QED) is 0.724. The van der Waals surface area contributed by atoms with E-state index in [1.54, 1.807) is 24.3 Å². The van der Waals surface area contributed by atoms with Crippen LogP contribution in [0.5, 0.6) is 11.5 Å². The molecule has 1 aromatic heterocycles. The second kappa shape index (κ2) is 11.7. The molecule has 0 radical (unpaired) electrons. The van der Waals surface area contributed by atoms with Gasteiger partial charge in [0.2, 0.25) is 5.91 Å². The number of pyridine rings is 1. The molecule has 0 bridgehead atoms. The van der Waals surface area contributed by atoms with Crippen LogP contribution >= 0.6 is 24.8 Å². The van der Waals surface area contributed by atoms with E-state index in [9.17, 15) is 9.18 Å². The van der Waals surface area contributed by atoms with E-state index in [2.05, 4.69) is 15.6 Å². The van der Waals surface area contributed by atoms with Crippen LogP contribution < -0.4 is 15.4 Å². The van der Waals surface area contributed by atoms with Crippen molar-refractivity contribution in [1.29, 1.82) is 0 Å². The number of rotatable bonds is 6. The van der Waals surface area contributed by atoms with E-state index < -0.39 is 0 Å². The number of nitrogens with one attached hydrogen (secondary N) is 2. The highest BCUT2D eigenvalue weighted by molar-refractivity contribution is 5.89. The Kier molecular flexibility index (Phi) is 10.1. The fourth-order valence-corrected chi connectivity index (χ4v) is 2.86. The Morgan fingerprint density at radius 2 is 1.78 bits per heavy atom. The number of aromatic nitrogens is 1. The van der Waals surface area contributed by atoms with Crippen molar-refractivity contribution >= 4 is 36.5 Å². The van der Waals surface area contributed by atoms with E-state index in [1.807, 2.05) is 0 Å². The maximum atomic E-state index is 12.9. The Morgan fingerprint density at radius 3 is 2.41 bits per heavy atom. The molecule has 1 saturated heterocycles. The number of anilines is 1. The van der Waals surface area contributed by atoms with Gasteiger partial charge in [-0.3, -0.25) is 4.79 Å². The lowest BCUT2D eigenvalue weighted by atomic mass is 9.93. The third-order valence-electron chi connectivity index (χ3n) is 4.29. The average Bonchev–Trinajstić information content (AvgIpc) is 2.64. The maximum Gasteiger partial charge on any atom is 0.225 e. The lowest BCUT2D eigenvalue weighted by Crippen LogP contribution is -2.28. The summed E-state index contributed by atoms with van der Waals surface area (Å²) in [4.78, 5) is 16.2. The minimum atomic E-state index is -0.312. The predicted molar refractivity (Wildman–Crippen MR) is 109 cm³/mol. The standard InChI is InChI=1S/C19H22FN3O2.2ClH/c20-15-2-4-16(5-3-15)25-17-6-7-18(22-13-17)23-19(24)8-1-14-9-11-21-12-10-14;;/h2-7,13-14,21H,1,8-12H2,(H,22,23,24);2*1H. The van der Waals surface area contributed by atoms with Crippen LogP contribution in [-0.2, 0) is 4.79 Å². The summed E-state index contributed by atoms with van der Waals surface area (Å²) in [7, 11) is 0. The van der Waals surface area contributed by atoms with Crippen molar-refractivity contribution in [3.8, 4) is 11.5 Å². The molecular weight excluding hydrogens is 392 g/mol. The molecule has 2 N–H and O–H groups in total. The van der Waals surface area contributed by atoms with Gasteiger partial charge in [0.25, 0.3) is 0 Å². The van der Waals surface area contributed by atoms with Gasteiger partial charge >= 0.3 is 0 Å². The second-order valence-electron chi connectivity index (χ2n) is 6.22. The highest BCUT2D eigenvalue weighted by atomic mass is 35.5. The summed E-state index contributed by atoms with van der Waals surface area (Å²) in [5, 5.41) is 6.14. The van der Waals surface area contributed by atoms with Crippen LogP contribution in [0.25, 0.3) is 0 Å². The number of carbonyl (C=O) groups excluding carboxylic acids is 1. The van der Waals surface area contributed by atoms with E-state index in [0.29, 0.717) is 29.7 Å². The Morgan fingerprint density at radius 1 is 1.11 bits per heavy atom.